The smallest absolute Gasteiger partial charge is 0.279 e. The number of carbonyl (C=O) groups excluding carboxylic acids is 1. The van der Waals surface area contributed by atoms with Gasteiger partial charge in [0.25, 0.3) is 5.91 Å². The Labute approximate surface area is 308 Å². The summed E-state index contributed by atoms with van der Waals surface area (Å²) < 4.78 is 0. The summed E-state index contributed by atoms with van der Waals surface area (Å²) in [5, 5.41) is 7.16. The van der Waals surface area contributed by atoms with Crippen molar-refractivity contribution in [2.24, 2.45) is 0 Å². The van der Waals surface area contributed by atoms with Crippen LogP contribution in [0.3, 0.4) is 0 Å². The number of hydrogen-bond donors (Lipinski definition) is 1. The molecule has 3 heterocycles. The van der Waals surface area contributed by atoms with E-state index in [1.807, 2.05) is 42.6 Å². The number of pyridine rings is 2. The highest BCUT2D eigenvalue weighted by atomic mass is 16.2. The maximum Gasteiger partial charge on any atom is 0.279 e. The summed E-state index contributed by atoms with van der Waals surface area (Å²) >= 11 is 0. The van der Waals surface area contributed by atoms with Crippen LogP contribution in [0.1, 0.15) is 62.8 Å². The Kier molecular flexibility index (Phi) is 8.84. The molecule has 1 unspecified atom stereocenters. The van der Waals surface area contributed by atoms with E-state index in [0.29, 0.717) is 25.5 Å². The Morgan fingerprint density at radius 2 is 1.60 bits per heavy atom. The van der Waals surface area contributed by atoms with E-state index in [0.717, 1.165) is 52.5 Å². The minimum atomic E-state index is -0.235. The van der Waals surface area contributed by atoms with Gasteiger partial charge in [0.1, 0.15) is 11.5 Å². The number of hydrogen-bond acceptors (Lipinski definition) is 6. The van der Waals surface area contributed by atoms with E-state index in [1.165, 1.54) is 39.2 Å². The zero-order valence-corrected chi connectivity index (χ0v) is 29.3. The fourth-order valence-electron chi connectivity index (χ4n) is 7.82. The van der Waals surface area contributed by atoms with Gasteiger partial charge in [0, 0.05) is 48.5 Å². The maximum atomic E-state index is 14.5. The number of rotatable bonds is 9. The second-order valence-corrected chi connectivity index (χ2v) is 13.8. The number of aromatic nitrogens is 4. The van der Waals surface area contributed by atoms with Gasteiger partial charge in [0.2, 0.25) is 0 Å². The molecule has 0 aliphatic heterocycles. The van der Waals surface area contributed by atoms with Crippen LogP contribution in [-0.2, 0) is 26.1 Å². The highest BCUT2D eigenvalue weighted by Crippen LogP contribution is 2.45. The van der Waals surface area contributed by atoms with Crippen molar-refractivity contribution in [3.8, 4) is 0 Å². The summed E-state index contributed by atoms with van der Waals surface area (Å²) in [6.07, 6.45) is 14.0. The van der Waals surface area contributed by atoms with Crippen LogP contribution in [0.5, 0.6) is 0 Å². The number of carbonyl (C=O) groups is 1. The summed E-state index contributed by atoms with van der Waals surface area (Å²) in [7, 11) is 0. The summed E-state index contributed by atoms with van der Waals surface area (Å²) in [6, 6.07) is 38.0. The molecule has 2 aliphatic carbocycles. The van der Waals surface area contributed by atoms with Gasteiger partial charge >= 0.3 is 0 Å². The fourth-order valence-corrected chi connectivity index (χ4v) is 7.82. The summed E-state index contributed by atoms with van der Waals surface area (Å²) in [4.78, 5) is 34.6. The molecule has 0 saturated heterocycles. The molecule has 1 atom stereocenters. The van der Waals surface area contributed by atoms with Crippen molar-refractivity contribution >= 4 is 39.0 Å². The zero-order valence-electron chi connectivity index (χ0n) is 29.3. The molecule has 0 fully saturated rings. The number of fused-ring (bicyclic) bond motifs is 5. The largest absolute Gasteiger partial charge is 0.307 e. The Hall–Kier alpha value is -6.31. The molecule has 3 aromatic heterocycles. The lowest BCUT2D eigenvalue weighted by Gasteiger charge is -2.31. The molecule has 7 heteroatoms. The second-order valence-electron chi connectivity index (χ2n) is 13.8. The molecule has 7 aromatic rings. The number of benzene rings is 4. The molecule has 0 spiro atoms. The van der Waals surface area contributed by atoms with Crippen molar-refractivity contribution in [3.05, 3.63) is 191 Å². The van der Waals surface area contributed by atoms with Gasteiger partial charge in [-0.25, -0.2) is 9.97 Å². The number of nitrogens with one attached hydrogen (secondary N) is 1. The lowest BCUT2D eigenvalue weighted by Crippen LogP contribution is -2.33. The summed E-state index contributed by atoms with van der Waals surface area (Å²) in [5.74, 6) is 0.468. The van der Waals surface area contributed by atoms with Gasteiger partial charge in [-0.3, -0.25) is 19.7 Å². The van der Waals surface area contributed by atoms with Gasteiger partial charge in [-0.15, -0.1) is 0 Å². The first kappa shape index (κ1) is 32.6. The minimum absolute atomic E-state index is 0.0487. The number of aryl methyl sites for hydroxylation is 1. The number of amides is 1. The third-order valence-corrected chi connectivity index (χ3v) is 10.5. The molecule has 2 aliphatic rings. The molecule has 1 amide bonds. The molecular weight excluding hydrogens is 653 g/mol. The van der Waals surface area contributed by atoms with Gasteiger partial charge in [0.05, 0.1) is 24.0 Å². The number of nitrogens with zero attached hydrogens (tertiary/aromatic N) is 5. The maximum absolute atomic E-state index is 14.5. The van der Waals surface area contributed by atoms with Crippen LogP contribution in [0, 0.1) is 0 Å². The van der Waals surface area contributed by atoms with Gasteiger partial charge in [-0.2, -0.15) is 0 Å². The molecule has 258 valence electrons. The van der Waals surface area contributed by atoms with E-state index in [4.69, 9.17) is 4.98 Å². The highest BCUT2D eigenvalue weighted by Gasteiger charge is 2.30. The van der Waals surface area contributed by atoms with E-state index in [9.17, 15) is 4.79 Å². The van der Waals surface area contributed by atoms with E-state index in [2.05, 4.69) is 105 Å². The molecule has 1 N–H and O–H groups in total. The van der Waals surface area contributed by atoms with Crippen molar-refractivity contribution < 1.29 is 4.79 Å². The topological polar surface area (TPSA) is 83.9 Å². The van der Waals surface area contributed by atoms with Gasteiger partial charge in [0.15, 0.2) is 0 Å². The molecule has 7 nitrogen and oxygen atoms in total. The highest BCUT2D eigenvalue weighted by molar-refractivity contribution is 6.05. The molecule has 0 radical (unpaired) electrons. The molecule has 53 heavy (non-hydrogen) atoms. The molecule has 0 saturated carbocycles. The quantitative estimate of drug-likeness (QED) is 0.163. The predicted octanol–water partition coefficient (Wildman–Crippen LogP) is 9.15. The third-order valence-electron chi connectivity index (χ3n) is 10.5. The van der Waals surface area contributed by atoms with Crippen molar-refractivity contribution in [1.82, 2.24) is 25.3 Å². The third kappa shape index (κ3) is 6.63. The second kappa shape index (κ2) is 14.4. The van der Waals surface area contributed by atoms with Gasteiger partial charge in [-0.1, -0.05) is 103 Å². The van der Waals surface area contributed by atoms with Crippen LogP contribution in [-0.4, -0.2) is 25.8 Å². The van der Waals surface area contributed by atoms with Crippen LogP contribution in [0.4, 0.5) is 5.82 Å². The normalized spacial score (nSPS) is 15.0. The first-order chi connectivity index (χ1) is 26.2. The van der Waals surface area contributed by atoms with Crippen LogP contribution in [0.2, 0.25) is 0 Å². The predicted molar refractivity (Wildman–Crippen MR) is 211 cm³/mol. The molecule has 0 bridgehead atoms. The van der Waals surface area contributed by atoms with Gasteiger partial charge in [-0.05, 0) is 82.1 Å². The van der Waals surface area contributed by atoms with Crippen molar-refractivity contribution in [1.29, 1.82) is 0 Å². The average Bonchev–Trinajstić information content (AvgIpc) is 3.23. The first-order valence-corrected chi connectivity index (χ1v) is 18.3. The van der Waals surface area contributed by atoms with Crippen molar-refractivity contribution in [2.75, 3.05) is 4.90 Å². The van der Waals surface area contributed by atoms with Crippen LogP contribution in [0.25, 0.3) is 27.2 Å². The van der Waals surface area contributed by atoms with Crippen molar-refractivity contribution in [2.45, 2.75) is 44.8 Å². The Bertz CT molecular complexity index is 2510. The van der Waals surface area contributed by atoms with Crippen LogP contribution >= 0.6 is 0 Å². The van der Waals surface area contributed by atoms with E-state index >= 15 is 0 Å². The average molecular weight is 691 g/mol. The Morgan fingerprint density at radius 1 is 0.774 bits per heavy atom. The number of anilines is 1. The summed E-state index contributed by atoms with van der Waals surface area (Å²) in [5.41, 5.74) is 10.9. The lowest BCUT2D eigenvalue weighted by molar-refractivity contribution is 0.0979. The van der Waals surface area contributed by atoms with Crippen molar-refractivity contribution in [3.63, 3.8) is 0 Å². The monoisotopic (exact) mass is 690 g/mol. The Balaban J connectivity index is 1.06. The molecular formula is C46H38N6O. The first-order valence-electron chi connectivity index (χ1n) is 18.3. The number of allylic oxidation sites excluding steroid dienone is 4. The molecule has 4 aromatic carbocycles. The van der Waals surface area contributed by atoms with Gasteiger partial charge < -0.3 is 5.32 Å². The summed E-state index contributed by atoms with van der Waals surface area (Å²) in [6.45, 7) is 1.74. The van der Waals surface area contributed by atoms with E-state index in [-0.39, 0.29) is 17.5 Å². The van der Waals surface area contributed by atoms with E-state index < -0.39 is 0 Å². The standard InChI is InChI=1S/C46H38N6O/c53-46(44-29-47-23-24-50-44)52(30-32-14-12-31(13-15-32)27-48-28-37-9-5-6-22-49-37)45-42(26-36-8-2-4-11-43(36)51-45)35-17-19-39-34(25-35)18-21-40-38-10-3-1-7-33(38)16-20-41(39)40/h1-17,19-20,22-24,26,29,35,48H,18,21,25,27-28,30H2. The fraction of sp³-hybridized carbons (Fsp3) is 0.152. The molecule has 9 rings (SSSR count). The Morgan fingerprint density at radius 3 is 2.45 bits per heavy atom. The van der Waals surface area contributed by atoms with E-state index in [1.54, 1.807) is 17.3 Å². The van der Waals surface area contributed by atoms with Crippen LogP contribution in [0.15, 0.2) is 152 Å². The SMILES string of the molecule is O=C(c1cnccn1)N(Cc1ccc(CNCc2ccccn2)cc1)c1nc2ccccc2cc1C1C=CC2=C(CCc3c2ccc2ccccc32)C1. The minimum Gasteiger partial charge on any atom is -0.307 e. The zero-order chi connectivity index (χ0) is 35.6. The van der Waals surface area contributed by atoms with Crippen LogP contribution < -0.4 is 10.2 Å². The lowest BCUT2D eigenvalue weighted by atomic mass is 9.75. The number of para-hydroxylation sites is 1.